The van der Waals surface area contributed by atoms with Gasteiger partial charge in [0.2, 0.25) is 5.89 Å². The van der Waals surface area contributed by atoms with Gasteiger partial charge in [-0.1, -0.05) is 29.8 Å². The van der Waals surface area contributed by atoms with Crippen molar-refractivity contribution in [2.45, 2.75) is 32.9 Å². The van der Waals surface area contributed by atoms with Gasteiger partial charge in [-0.3, -0.25) is 4.90 Å². The van der Waals surface area contributed by atoms with Crippen LogP contribution in [0.25, 0.3) is 11.5 Å². The van der Waals surface area contributed by atoms with Gasteiger partial charge in [0.1, 0.15) is 12.0 Å². The standard InChI is InChI=1S/C22H29N5O.HI/c1-3-23-22(27-13-10-20(15-27)26-11-4-5-12-26)24-14-19-16-28-21(25-19)18-8-6-17(2)7-9-18;/h4-9,16,20H,3,10-15H2,1-2H3,(H,23,24);1H. The van der Waals surface area contributed by atoms with E-state index in [1.165, 1.54) is 12.0 Å². The SMILES string of the molecule is CCNC(=NCc1coc(-c2ccc(C)cc2)n1)N1CCC(N2CC=CC2)C1.I. The Bertz CT molecular complexity index is 837. The highest BCUT2D eigenvalue weighted by molar-refractivity contribution is 14.0. The molecule has 0 amide bonds. The first-order valence-corrected chi connectivity index (χ1v) is 10.2. The molecule has 0 aliphatic carbocycles. The van der Waals surface area contributed by atoms with E-state index >= 15 is 0 Å². The van der Waals surface area contributed by atoms with Gasteiger partial charge in [0.15, 0.2) is 5.96 Å². The number of likely N-dealkylation sites (tertiary alicyclic amines) is 1. The fourth-order valence-electron chi connectivity index (χ4n) is 3.81. The third kappa shape index (κ3) is 5.39. The summed E-state index contributed by atoms with van der Waals surface area (Å²) in [7, 11) is 0. The van der Waals surface area contributed by atoms with E-state index in [1.54, 1.807) is 6.26 Å². The summed E-state index contributed by atoms with van der Waals surface area (Å²) < 4.78 is 5.66. The van der Waals surface area contributed by atoms with Crippen LogP contribution in [-0.2, 0) is 6.54 Å². The van der Waals surface area contributed by atoms with Gasteiger partial charge in [-0.05, 0) is 32.4 Å². The molecule has 0 radical (unpaired) electrons. The summed E-state index contributed by atoms with van der Waals surface area (Å²) in [5, 5.41) is 3.43. The van der Waals surface area contributed by atoms with Crippen molar-refractivity contribution in [3.05, 3.63) is 53.9 Å². The lowest BCUT2D eigenvalue weighted by atomic mass is 10.1. The Balaban J connectivity index is 0.00000240. The molecule has 1 saturated heterocycles. The number of guanidine groups is 1. The molecule has 1 aromatic heterocycles. The van der Waals surface area contributed by atoms with Crippen LogP contribution in [-0.4, -0.2) is 59.5 Å². The van der Waals surface area contributed by atoms with Crippen LogP contribution in [0.3, 0.4) is 0 Å². The van der Waals surface area contributed by atoms with Crippen molar-refractivity contribution in [2.24, 2.45) is 4.99 Å². The Hall–Kier alpha value is -1.87. The Labute approximate surface area is 190 Å². The first-order valence-electron chi connectivity index (χ1n) is 10.2. The normalized spacial score (nSPS) is 19.6. The van der Waals surface area contributed by atoms with Crippen LogP contribution in [0.15, 0.2) is 52.1 Å². The van der Waals surface area contributed by atoms with Gasteiger partial charge in [-0.15, -0.1) is 24.0 Å². The van der Waals surface area contributed by atoms with Gasteiger partial charge in [0.05, 0.1) is 6.54 Å². The molecule has 2 aliphatic heterocycles. The summed E-state index contributed by atoms with van der Waals surface area (Å²) in [6.07, 6.45) is 7.43. The molecule has 2 aromatic rings. The topological polar surface area (TPSA) is 56.9 Å². The molecular weight excluding hydrogens is 477 g/mol. The number of rotatable bonds is 5. The number of hydrogen-bond acceptors (Lipinski definition) is 4. The van der Waals surface area contributed by atoms with Crippen molar-refractivity contribution in [3.63, 3.8) is 0 Å². The Morgan fingerprint density at radius 1 is 1.24 bits per heavy atom. The third-order valence-electron chi connectivity index (χ3n) is 5.40. The van der Waals surface area contributed by atoms with Gasteiger partial charge in [0.25, 0.3) is 0 Å². The van der Waals surface area contributed by atoms with Crippen molar-refractivity contribution >= 4 is 29.9 Å². The lowest BCUT2D eigenvalue weighted by Gasteiger charge is -2.25. The zero-order valence-electron chi connectivity index (χ0n) is 17.2. The number of oxazole rings is 1. The number of benzene rings is 1. The molecule has 29 heavy (non-hydrogen) atoms. The number of aliphatic imine (C=N–C) groups is 1. The molecule has 7 heteroatoms. The summed E-state index contributed by atoms with van der Waals surface area (Å²) in [4.78, 5) is 14.3. The number of aromatic nitrogens is 1. The molecule has 1 fully saturated rings. The average molecular weight is 507 g/mol. The second-order valence-corrected chi connectivity index (χ2v) is 7.49. The fraction of sp³-hybridized carbons (Fsp3) is 0.455. The summed E-state index contributed by atoms with van der Waals surface area (Å²) in [6, 6.07) is 8.82. The average Bonchev–Trinajstić information content (AvgIpc) is 3.47. The summed E-state index contributed by atoms with van der Waals surface area (Å²) in [5.74, 6) is 1.62. The number of nitrogens with one attached hydrogen (secondary N) is 1. The van der Waals surface area contributed by atoms with Crippen LogP contribution in [0.1, 0.15) is 24.6 Å². The Morgan fingerprint density at radius 3 is 2.72 bits per heavy atom. The number of halogens is 1. The minimum Gasteiger partial charge on any atom is -0.444 e. The molecule has 0 spiro atoms. The largest absolute Gasteiger partial charge is 0.444 e. The lowest BCUT2D eigenvalue weighted by Crippen LogP contribution is -2.42. The highest BCUT2D eigenvalue weighted by Crippen LogP contribution is 2.20. The third-order valence-corrected chi connectivity index (χ3v) is 5.40. The first kappa shape index (κ1) is 21.8. The van der Waals surface area contributed by atoms with Crippen molar-refractivity contribution in [3.8, 4) is 11.5 Å². The monoisotopic (exact) mass is 507 g/mol. The molecule has 1 aromatic carbocycles. The molecule has 0 saturated carbocycles. The second-order valence-electron chi connectivity index (χ2n) is 7.49. The smallest absolute Gasteiger partial charge is 0.226 e. The molecule has 1 atom stereocenters. The second kappa shape index (κ2) is 10.2. The highest BCUT2D eigenvalue weighted by Gasteiger charge is 2.29. The summed E-state index contributed by atoms with van der Waals surface area (Å²) in [6.45, 7) is 9.79. The number of hydrogen-bond donors (Lipinski definition) is 1. The molecule has 6 nitrogen and oxygen atoms in total. The lowest BCUT2D eigenvalue weighted by molar-refractivity contribution is 0.259. The van der Waals surface area contributed by atoms with Gasteiger partial charge in [0, 0.05) is 44.3 Å². The summed E-state index contributed by atoms with van der Waals surface area (Å²) in [5.41, 5.74) is 3.07. The van der Waals surface area contributed by atoms with Crippen LogP contribution < -0.4 is 5.32 Å². The predicted molar refractivity (Wildman–Crippen MR) is 128 cm³/mol. The van der Waals surface area contributed by atoms with Crippen LogP contribution >= 0.6 is 24.0 Å². The maximum Gasteiger partial charge on any atom is 0.226 e. The molecule has 0 bridgehead atoms. The van der Waals surface area contributed by atoms with Crippen molar-refractivity contribution in [1.29, 1.82) is 0 Å². The molecule has 1 unspecified atom stereocenters. The summed E-state index contributed by atoms with van der Waals surface area (Å²) >= 11 is 0. The Morgan fingerprint density at radius 2 is 2.00 bits per heavy atom. The van der Waals surface area contributed by atoms with Crippen molar-refractivity contribution in [1.82, 2.24) is 20.1 Å². The maximum atomic E-state index is 5.66. The van der Waals surface area contributed by atoms with E-state index in [4.69, 9.17) is 9.41 Å². The quantitative estimate of drug-likeness (QED) is 0.290. The van der Waals surface area contributed by atoms with Gasteiger partial charge in [-0.25, -0.2) is 9.98 Å². The Kier molecular flexibility index (Phi) is 7.71. The van der Waals surface area contributed by atoms with Gasteiger partial charge < -0.3 is 14.6 Å². The van der Waals surface area contributed by atoms with E-state index in [0.29, 0.717) is 18.5 Å². The number of aryl methyl sites for hydroxylation is 1. The van der Waals surface area contributed by atoms with E-state index < -0.39 is 0 Å². The van der Waals surface area contributed by atoms with E-state index in [9.17, 15) is 0 Å². The van der Waals surface area contributed by atoms with Crippen LogP contribution in [0.5, 0.6) is 0 Å². The fourth-order valence-corrected chi connectivity index (χ4v) is 3.81. The van der Waals surface area contributed by atoms with E-state index in [1.807, 2.05) is 12.1 Å². The van der Waals surface area contributed by atoms with Gasteiger partial charge >= 0.3 is 0 Å². The number of nitrogens with zero attached hydrogens (tertiary/aromatic N) is 4. The molecule has 2 aliphatic rings. The minimum atomic E-state index is 0. The van der Waals surface area contributed by atoms with Crippen LogP contribution in [0.4, 0.5) is 0 Å². The molecular formula is C22H30IN5O. The van der Waals surface area contributed by atoms with Crippen LogP contribution in [0, 0.1) is 6.92 Å². The minimum absolute atomic E-state index is 0. The molecule has 4 rings (SSSR count). The molecule has 1 N–H and O–H groups in total. The van der Waals surface area contributed by atoms with Crippen molar-refractivity contribution in [2.75, 3.05) is 32.7 Å². The predicted octanol–water partition coefficient (Wildman–Crippen LogP) is 3.68. The van der Waals surface area contributed by atoms with Crippen molar-refractivity contribution < 1.29 is 4.42 Å². The van der Waals surface area contributed by atoms with E-state index in [2.05, 4.69) is 58.2 Å². The first-order chi connectivity index (χ1) is 13.7. The molecule has 3 heterocycles. The zero-order valence-corrected chi connectivity index (χ0v) is 19.5. The van der Waals surface area contributed by atoms with Gasteiger partial charge in [-0.2, -0.15) is 0 Å². The molecule has 156 valence electrons. The van der Waals surface area contributed by atoms with Crippen LogP contribution in [0.2, 0.25) is 0 Å². The maximum absolute atomic E-state index is 5.66. The zero-order chi connectivity index (χ0) is 19.3. The van der Waals surface area contributed by atoms with E-state index in [0.717, 1.165) is 49.9 Å². The highest BCUT2D eigenvalue weighted by atomic mass is 127. The van der Waals surface area contributed by atoms with E-state index in [-0.39, 0.29) is 24.0 Å².